The summed E-state index contributed by atoms with van der Waals surface area (Å²) in [6, 6.07) is 24.2. The quantitative estimate of drug-likeness (QED) is 0.604. The summed E-state index contributed by atoms with van der Waals surface area (Å²) in [5.74, 6) is -0.475. The van der Waals surface area contributed by atoms with E-state index in [0.29, 0.717) is 13.0 Å². The minimum atomic E-state index is -0.357. The van der Waals surface area contributed by atoms with E-state index in [1.165, 1.54) is 0 Å². The van der Waals surface area contributed by atoms with Crippen LogP contribution < -0.4 is 10.6 Å². The van der Waals surface area contributed by atoms with E-state index >= 15 is 0 Å². The highest BCUT2D eigenvalue weighted by atomic mass is 32.2. The molecule has 0 saturated carbocycles. The number of fused-ring (bicyclic) bond motifs is 3. The van der Waals surface area contributed by atoms with E-state index in [4.69, 9.17) is 0 Å². The SMILES string of the molecule is O=C1NC(=O)[C@H](Cc2ccc(CCNC(=O)C3c4ccccc4-c4ccccc43)cc2)S1. The van der Waals surface area contributed by atoms with Crippen LogP contribution in [0, 0.1) is 0 Å². The molecule has 0 unspecified atom stereocenters. The highest BCUT2D eigenvalue weighted by molar-refractivity contribution is 8.15. The van der Waals surface area contributed by atoms with E-state index in [0.717, 1.165) is 51.6 Å². The largest absolute Gasteiger partial charge is 0.355 e. The van der Waals surface area contributed by atoms with Gasteiger partial charge in [0.2, 0.25) is 11.8 Å². The minimum absolute atomic E-state index is 0.0213. The van der Waals surface area contributed by atoms with Crippen molar-refractivity contribution in [3.63, 3.8) is 0 Å². The lowest BCUT2D eigenvalue weighted by Crippen LogP contribution is -2.30. The first-order chi connectivity index (χ1) is 15.6. The van der Waals surface area contributed by atoms with Gasteiger partial charge in [-0.3, -0.25) is 19.7 Å². The van der Waals surface area contributed by atoms with Crippen LogP contribution in [0.4, 0.5) is 4.79 Å². The molecule has 6 heteroatoms. The molecule has 0 aromatic heterocycles. The third-order valence-electron chi connectivity index (χ3n) is 6.02. The van der Waals surface area contributed by atoms with Crippen LogP contribution in [0.3, 0.4) is 0 Å². The van der Waals surface area contributed by atoms with Gasteiger partial charge in [-0.05, 0) is 46.2 Å². The van der Waals surface area contributed by atoms with Crippen LogP contribution >= 0.6 is 11.8 Å². The molecule has 5 rings (SSSR count). The number of carbonyl (C=O) groups is 3. The summed E-state index contributed by atoms with van der Waals surface area (Å²) in [4.78, 5) is 36.1. The number of thioether (sulfide) groups is 1. The van der Waals surface area contributed by atoms with Crippen LogP contribution in [0.1, 0.15) is 28.2 Å². The van der Waals surface area contributed by atoms with Crippen molar-refractivity contribution in [2.24, 2.45) is 0 Å². The van der Waals surface area contributed by atoms with Gasteiger partial charge in [0, 0.05) is 6.54 Å². The van der Waals surface area contributed by atoms with Crippen LogP contribution in [0.5, 0.6) is 0 Å². The fraction of sp³-hybridized carbons (Fsp3) is 0.192. The first kappa shape index (κ1) is 20.5. The first-order valence-corrected chi connectivity index (χ1v) is 11.5. The topological polar surface area (TPSA) is 75.3 Å². The molecule has 0 bridgehead atoms. The summed E-state index contributed by atoms with van der Waals surface area (Å²) in [5, 5.41) is 4.79. The Bertz CT molecular complexity index is 1160. The van der Waals surface area contributed by atoms with Gasteiger partial charge in [0.05, 0.1) is 11.2 Å². The molecule has 5 nitrogen and oxygen atoms in total. The van der Waals surface area contributed by atoms with Gasteiger partial charge in [-0.2, -0.15) is 0 Å². The Kier molecular flexibility index (Phi) is 5.53. The lowest BCUT2D eigenvalue weighted by molar-refractivity contribution is -0.121. The van der Waals surface area contributed by atoms with Gasteiger partial charge in [0.15, 0.2) is 0 Å². The lowest BCUT2D eigenvalue weighted by Gasteiger charge is -2.14. The molecule has 1 aliphatic carbocycles. The Morgan fingerprint density at radius 3 is 2.03 bits per heavy atom. The second-order valence-corrected chi connectivity index (χ2v) is 9.23. The zero-order chi connectivity index (χ0) is 22.1. The fourth-order valence-electron chi connectivity index (χ4n) is 4.45. The van der Waals surface area contributed by atoms with E-state index in [-0.39, 0.29) is 28.2 Å². The molecule has 32 heavy (non-hydrogen) atoms. The van der Waals surface area contributed by atoms with Crippen molar-refractivity contribution in [2.75, 3.05) is 6.54 Å². The third-order valence-corrected chi connectivity index (χ3v) is 7.00. The number of rotatable bonds is 6. The molecule has 1 fully saturated rings. The molecule has 1 heterocycles. The average Bonchev–Trinajstić information content (AvgIpc) is 3.31. The summed E-state index contributed by atoms with van der Waals surface area (Å²) in [7, 11) is 0. The van der Waals surface area contributed by atoms with Gasteiger partial charge in [-0.15, -0.1) is 0 Å². The van der Waals surface area contributed by atoms with E-state index in [1.807, 2.05) is 60.7 Å². The highest BCUT2D eigenvalue weighted by Crippen LogP contribution is 2.44. The summed E-state index contributed by atoms with van der Waals surface area (Å²) in [6.07, 6.45) is 1.25. The van der Waals surface area contributed by atoms with E-state index in [2.05, 4.69) is 22.8 Å². The first-order valence-electron chi connectivity index (χ1n) is 10.7. The van der Waals surface area contributed by atoms with Crippen molar-refractivity contribution < 1.29 is 14.4 Å². The molecule has 3 aromatic rings. The molecule has 3 aromatic carbocycles. The summed E-state index contributed by atoms with van der Waals surface area (Å²) in [5.41, 5.74) is 6.51. The van der Waals surface area contributed by atoms with Gasteiger partial charge in [0.1, 0.15) is 0 Å². The van der Waals surface area contributed by atoms with Crippen molar-refractivity contribution in [3.8, 4) is 11.1 Å². The molecule has 0 spiro atoms. The highest BCUT2D eigenvalue weighted by Gasteiger charge is 2.33. The molecule has 1 saturated heterocycles. The zero-order valence-corrected chi connectivity index (χ0v) is 18.2. The van der Waals surface area contributed by atoms with Gasteiger partial charge in [-0.25, -0.2) is 0 Å². The van der Waals surface area contributed by atoms with Crippen LogP contribution in [0.15, 0.2) is 72.8 Å². The van der Waals surface area contributed by atoms with Crippen molar-refractivity contribution in [1.29, 1.82) is 0 Å². The molecule has 160 valence electrons. The van der Waals surface area contributed by atoms with Crippen molar-refractivity contribution in [1.82, 2.24) is 10.6 Å². The monoisotopic (exact) mass is 442 g/mol. The second kappa shape index (κ2) is 8.63. The predicted molar refractivity (Wildman–Crippen MR) is 125 cm³/mol. The summed E-state index contributed by atoms with van der Waals surface area (Å²) < 4.78 is 0. The predicted octanol–water partition coefficient (Wildman–Crippen LogP) is 4.05. The molecular formula is C26H22N2O3S. The van der Waals surface area contributed by atoms with E-state index < -0.39 is 0 Å². The number of carbonyl (C=O) groups excluding carboxylic acids is 3. The van der Waals surface area contributed by atoms with Gasteiger partial charge < -0.3 is 5.32 Å². The number of nitrogens with one attached hydrogen (secondary N) is 2. The standard InChI is InChI=1S/C26H22N2O3S/c29-24-22(32-26(31)28-24)15-17-11-9-16(10-12-17)13-14-27-25(30)23-20-7-3-1-5-18(20)19-6-2-4-8-21(19)23/h1-12,22-23H,13-15H2,(H,27,30)(H,28,29,31)/t22-/m0/s1. The average molecular weight is 443 g/mol. The molecular weight excluding hydrogens is 420 g/mol. The Labute approximate surface area is 190 Å². The number of benzene rings is 3. The summed E-state index contributed by atoms with van der Waals surface area (Å²) >= 11 is 1.05. The van der Waals surface area contributed by atoms with Gasteiger partial charge in [0.25, 0.3) is 5.24 Å². The molecule has 0 radical (unpaired) electrons. The second-order valence-electron chi connectivity index (χ2n) is 8.05. The Morgan fingerprint density at radius 2 is 1.44 bits per heavy atom. The Balaban J connectivity index is 1.19. The minimum Gasteiger partial charge on any atom is -0.355 e. The number of hydrogen-bond acceptors (Lipinski definition) is 4. The Hall–Kier alpha value is -3.38. The number of imide groups is 1. The third kappa shape index (κ3) is 3.94. The molecule has 3 amide bonds. The van der Waals surface area contributed by atoms with Crippen molar-refractivity contribution >= 4 is 28.8 Å². The maximum Gasteiger partial charge on any atom is 0.286 e. The zero-order valence-electron chi connectivity index (χ0n) is 17.3. The van der Waals surface area contributed by atoms with Crippen LogP contribution in [-0.4, -0.2) is 28.8 Å². The van der Waals surface area contributed by atoms with E-state index in [1.54, 1.807) is 0 Å². The fourth-order valence-corrected chi connectivity index (χ4v) is 5.31. The normalized spacial score (nSPS) is 17.1. The van der Waals surface area contributed by atoms with E-state index in [9.17, 15) is 14.4 Å². The number of hydrogen-bond donors (Lipinski definition) is 2. The maximum atomic E-state index is 13.1. The van der Waals surface area contributed by atoms with Crippen molar-refractivity contribution in [2.45, 2.75) is 24.0 Å². The van der Waals surface area contributed by atoms with Gasteiger partial charge in [-0.1, -0.05) is 84.6 Å². The van der Waals surface area contributed by atoms with Crippen molar-refractivity contribution in [3.05, 3.63) is 95.1 Å². The number of amides is 3. The van der Waals surface area contributed by atoms with Crippen LogP contribution in [-0.2, 0) is 22.4 Å². The smallest absolute Gasteiger partial charge is 0.286 e. The maximum absolute atomic E-state index is 13.1. The molecule has 2 N–H and O–H groups in total. The molecule has 1 aliphatic heterocycles. The van der Waals surface area contributed by atoms with Crippen LogP contribution in [0.2, 0.25) is 0 Å². The summed E-state index contributed by atoms with van der Waals surface area (Å²) in [6.45, 7) is 0.550. The Morgan fingerprint density at radius 1 is 0.844 bits per heavy atom. The van der Waals surface area contributed by atoms with Crippen LogP contribution in [0.25, 0.3) is 11.1 Å². The molecule has 2 aliphatic rings. The molecule has 1 atom stereocenters. The van der Waals surface area contributed by atoms with Gasteiger partial charge >= 0.3 is 0 Å². The lowest BCUT2D eigenvalue weighted by atomic mass is 9.96.